The van der Waals surface area contributed by atoms with Gasteiger partial charge in [-0.2, -0.15) is 5.10 Å². The van der Waals surface area contributed by atoms with Crippen molar-refractivity contribution in [2.24, 2.45) is 12.0 Å². The molecular weight excluding hydrogens is 340 g/mol. The molecule has 0 radical (unpaired) electrons. The van der Waals surface area contributed by atoms with Crippen LogP contribution in [-0.2, 0) is 13.6 Å². The molecule has 4 rings (SSSR count). The first-order valence-corrected chi connectivity index (χ1v) is 9.18. The van der Waals surface area contributed by atoms with Crippen LogP contribution in [0.4, 0.5) is 0 Å². The summed E-state index contributed by atoms with van der Waals surface area (Å²) >= 11 is 0. The van der Waals surface area contributed by atoms with Gasteiger partial charge in [-0.15, -0.1) is 0 Å². The molecule has 140 valence electrons. The van der Waals surface area contributed by atoms with Crippen molar-refractivity contribution in [2.75, 3.05) is 20.1 Å². The molecule has 1 N–H and O–H groups in total. The number of rotatable bonds is 4. The molecule has 1 fully saturated rings. The summed E-state index contributed by atoms with van der Waals surface area (Å²) in [5.74, 6) is 2.17. The van der Waals surface area contributed by atoms with Crippen LogP contribution in [-0.4, -0.2) is 45.9 Å². The smallest absolute Gasteiger partial charge is 0.193 e. The summed E-state index contributed by atoms with van der Waals surface area (Å²) in [6, 6.07) is 12.0. The van der Waals surface area contributed by atoms with Crippen LogP contribution in [0.1, 0.15) is 23.6 Å². The molecule has 1 aliphatic rings. The van der Waals surface area contributed by atoms with E-state index in [4.69, 9.17) is 4.52 Å². The van der Waals surface area contributed by atoms with Crippen molar-refractivity contribution in [3.05, 3.63) is 60.0 Å². The second kappa shape index (κ2) is 7.65. The van der Waals surface area contributed by atoms with Gasteiger partial charge < -0.3 is 14.7 Å². The Morgan fingerprint density at radius 2 is 2.19 bits per heavy atom. The van der Waals surface area contributed by atoms with Gasteiger partial charge in [0, 0.05) is 50.9 Å². The maximum Gasteiger partial charge on any atom is 0.193 e. The third-order valence-corrected chi connectivity index (χ3v) is 4.94. The number of aliphatic imine (C=N–C) groups is 1. The second-order valence-corrected chi connectivity index (χ2v) is 6.83. The molecule has 1 unspecified atom stereocenters. The lowest BCUT2D eigenvalue weighted by molar-refractivity contribution is 0.420. The van der Waals surface area contributed by atoms with Crippen molar-refractivity contribution in [3.8, 4) is 11.3 Å². The number of nitrogens with zero attached hydrogens (tertiary/aromatic N) is 5. The number of aromatic nitrogens is 3. The fraction of sp³-hybridized carbons (Fsp3) is 0.350. The quantitative estimate of drug-likeness (QED) is 0.569. The van der Waals surface area contributed by atoms with E-state index < -0.39 is 0 Å². The van der Waals surface area contributed by atoms with E-state index in [9.17, 15) is 0 Å². The molecule has 1 aliphatic heterocycles. The van der Waals surface area contributed by atoms with Crippen LogP contribution < -0.4 is 5.32 Å². The Kier molecular flexibility index (Phi) is 4.91. The monoisotopic (exact) mass is 364 g/mol. The van der Waals surface area contributed by atoms with Crippen LogP contribution in [0.5, 0.6) is 0 Å². The molecule has 3 aromatic rings. The number of nitrogens with one attached hydrogen (secondary N) is 1. The zero-order valence-corrected chi connectivity index (χ0v) is 15.7. The van der Waals surface area contributed by atoms with Crippen LogP contribution in [0.2, 0.25) is 0 Å². The number of benzene rings is 1. The largest absolute Gasteiger partial charge is 0.356 e. The van der Waals surface area contributed by atoms with Crippen molar-refractivity contribution in [3.63, 3.8) is 0 Å². The molecule has 0 bridgehead atoms. The van der Waals surface area contributed by atoms with E-state index in [2.05, 4.69) is 31.7 Å². The van der Waals surface area contributed by atoms with Gasteiger partial charge in [-0.25, -0.2) is 0 Å². The molecule has 3 heterocycles. The highest BCUT2D eigenvalue weighted by Crippen LogP contribution is 2.26. The third-order valence-electron chi connectivity index (χ3n) is 4.94. The molecule has 2 aromatic heterocycles. The average Bonchev–Trinajstić information content (AvgIpc) is 3.44. The van der Waals surface area contributed by atoms with Crippen LogP contribution in [0, 0.1) is 0 Å². The predicted molar refractivity (Wildman–Crippen MR) is 104 cm³/mol. The molecule has 1 saturated heterocycles. The molecule has 7 heteroatoms. The van der Waals surface area contributed by atoms with Crippen LogP contribution in [0.15, 0.2) is 58.3 Å². The summed E-state index contributed by atoms with van der Waals surface area (Å²) in [7, 11) is 3.77. The third kappa shape index (κ3) is 3.86. The Bertz CT molecular complexity index is 913. The molecule has 0 aliphatic carbocycles. The van der Waals surface area contributed by atoms with Gasteiger partial charge in [0.05, 0.1) is 12.7 Å². The van der Waals surface area contributed by atoms with E-state index >= 15 is 0 Å². The Balaban J connectivity index is 1.36. The normalized spacial score (nSPS) is 17.5. The number of likely N-dealkylation sites (tertiary alicyclic amines) is 1. The Labute approximate surface area is 158 Å². The van der Waals surface area contributed by atoms with Crippen LogP contribution in [0.3, 0.4) is 0 Å². The SMILES string of the molecule is CN=C(NCc1cc(-c2ccccc2)on1)N1CCC(c2cnn(C)c2)C1. The van der Waals surface area contributed by atoms with E-state index in [0.29, 0.717) is 12.5 Å². The van der Waals surface area contributed by atoms with E-state index in [-0.39, 0.29) is 0 Å². The Hall–Kier alpha value is -3.09. The van der Waals surface area contributed by atoms with Crippen molar-refractivity contribution in [2.45, 2.75) is 18.9 Å². The lowest BCUT2D eigenvalue weighted by atomic mass is 10.0. The predicted octanol–water partition coefficient (Wildman–Crippen LogP) is 2.64. The number of guanidine groups is 1. The zero-order valence-electron chi connectivity index (χ0n) is 15.7. The molecule has 0 spiro atoms. The highest BCUT2D eigenvalue weighted by Gasteiger charge is 2.27. The molecular formula is C20H24N6O. The van der Waals surface area contributed by atoms with Crippen LogP contribution in [0.25, 0.3) is 11.3 Å². The van der Waals surface area contributed by atoms with Gasteiger partial charge in [-0.3, -0.25) is 9.67 Å². The van der Waals surface area contributed by atoms with E-state index in [1.807, 2.05) is 61.4 Å². The van der Waals surface area contributed by atoms with E-state index in [1.54, 1.807) is 0 Å². The van der Waals surface area contributed by atoms with Crippen molar-refractivity contribution < 1.29 is 4.52 Å². The zero-order chi connectivity index (χ0) is 18.6. The topological polar surface area (TPSA) is 71.5 Å². The van der Waals surface area contributed by atoms with E-state index in [0.717, 1.165) is 42.5 Å². The minimum absolute atomic E-state index is 0.494. The van der Waals surface area contributed by atoms with Crippen molar-refractivity contribution >= 4 is 5.96 Å². The van der Waals surface area contributed by atoms with Gasteiger partial charge in [0.25, 0.3) is 0 Å². The van der Waals surface area contributed by atoms with Gasteiger partial charge in [0.15, 0.2) is 11.7 Å². The second-order valence-electron chi connectivity index (χ2n) is 6.83. The lowest BCUT2D eigenvalue weighted by Gasteiger charge is -2.21. The maximum atomic E-state index is 5.47. The first kappa shape index (κ1) is 17.3. The summed E-state index contributed by atoms with van der Waals surface area (Å²) < 4.78 is 7.33. The first-order valence-electron chi connectivity index (χ1n) is 9.18. The number of hydrogen-bond acceptors (Lipinski definition) is 4. The molecule has 0 amide bonds. The molecule has 1 aromatic carbocycles. The highest BCUT2D eigenvalue weighted by molar-refractivity contribution is 5.80. The van der Waals surface area contributed by atoms with Gasteiger partial charge in [-0.05, 0) is 12.0 Å². The first-order chi connectivity index (χ1) is 13.2. The van der Waals surface area contributed by atoms with Crippen molar-refractivity contribution in [1.29, 1.82) is 0 Å². The number of hydrogen-bond donors (Lipinski definition) is 1. The molecule has 7 nitrogen and oxygen atoms in total. The van der Waals surface area contributed by atoms with Gasteiger partial charge in [-0.1, -0.05) is 35.5 Å². The standard InChI is InChI=1S/C20H24N6O/c1-21-20(26-9-8-16(14-26)17-11-23-25(2)13-17)22-12-18-10-19(27-24-18)15-6-4-3-5-7-15/h3-7,10-11,13,16H,8-9,12,14H2,1-2H3,(H,21,22). The molecule has 0 saturated carbocycles. The summed E-state index contributed by atoms with van der Waals surface area (Å²) in [5.41, 5.74) is 3.18. The Morgan fingerprint density at radius 3 is 2.93 bits per heavy atom. The lowest BCUT2D eigenvalue weighted by Crippen LogP contribution is -2.39. The van der Waals surface area contributed by atoms with E-state index in [1.165, 1.54) is 5.56 Å². The van der Waals surface area contributed by atoms with Gasteiger partial charge in [0.2, 0.25) is 0 Å². The highest BCUT2D eigenvalue weighted by atomic mass is 16.5. The minimum atomic E-state index is 0.494. The van der Waals surface area contributed by atoms with Crippen LogP contribution >= 0.6 is 0 Å². The average molecular weight is 364 g/mol. The maximum absolute atomic E-state index is 5.47. The fourth-order valence-electron chi connectivity index (χ4n) is 3.51. The van der Waals surface area contributed by atoms with Gasteiger partial charge in [0.1, 0.15) is 5.69 Å². The molecule has 1 atom stereocenters. The van der Waals surface area contributed by atoms with Gasteiger partial charge >= 0.3 is 0 Å². The van der Waals surface area contributed by atoms with Crippen molar-refractivity contribution in [1.82, 2.24) is 25.2 Å². The summed E-state index contributed by atoms with van der Waals surface area (Å²) in [6.07, 6.45) is 5.17. The summed E-state index contributed by atoms with van der Waals surface area (Å²) in [6.45, 7) is 2.50. The fourth-order valence-corrected chi connectivity index (χ4v) is 3.51. The molecule has 27 heavy (non-hydrogen) atoms. The minimum Gasteiger partial charge on any atom is -0.356 e. The Morgan fingerprint density at radius 1 is 1.33 bits per heavy atom. The summed E-state index contributed by atoms with van der Waals surface area (Å²) in [4.78, 5) is 6.72. The number of aryl methyl sites for hydroxylation is 1. The summed E-state index contributed by atoms with van der Waals surface area (Å²) in [5, 5.41) is 11.9.